The molecule has 0 fully saturated rings. The summed E-state index contributed by atoms with van der Waals surface area (Å²) in [6.07, 6.45) is 2.76. The third-order valence-corrected chi connectivity index (χ3v) is 3.95. The molecule has 0 aliphatic heterocycles. The van der Waals surface area contributed by atoms with E-state index in [0.717, 1.165) is 9.08 Å². The van der Waals surface area contributed by atoms with Gasteiger partial charge in [-0.05, 0) is 35.9 Å². The van der Waals surface area contributed by atoms with Gasteiger partial charge in [-0.15, -0.1) is 5.10 Å². The zero-order valence-corrected chi connectivity index (χ0v) is 13.3. The Balaban J connectivity index is 1.84. The number of benzene rings is 2. The topological polar surface area (TPSA) is 61.3 Å². The maximum Gasteiger partial charge on any atom is 0.350 e. The average molecular weight is 354 g/mol. The third-order valence-electron chi connectivity index (χ3n) is 3.95. The first-order chi connectivity index (χ1) is 12.5. The summed E-state index contributed by atoms with van der Waals surface area (Å²) in [5, 5.41) is 4.06. The minimum Gasteiger partial charge on any atom is -0.279 e. The molecule has 6 nitrogen and oxygen atoms in total. The molecule has 4 rings (SSSR count). The fourth-order valence-corrected chi connectivity index (χ4v) is 2.75. The van der Waals surface area contributed by atoms with Crippen molar-refractivity contribution in [2.75, 3.05) is 0 Å². The van der Waals surface area contributed by atoms with Crippen molar-refractivity contribution in [3.8, 4) is 5.69 Å². The number of rotatable bonds is 3. The Labute approximate surface area is 145 Å². The van der Waals surface area contributed by atoms with Crippen LogP contribution in [0, 0.1) is 11.6 Å². The fraction of sp³-hybridized carbons (Fsp3) is 0.0556. The molecule has 0 aliphatic carbocycles. The molecule has 0 N–H and O–H groups in total. The zero-order chi connectivity index (χ0) is 18.3. The standard InChI is InChI=1S/C18H12F2N4O2/c19-13-4-1-3-12(9-13)11-24-18(26)23-8-7-22(17(25)16(23)21-24)15-6-2-5-14(20)10-15/h1-10H,11H2. The molecule has 2 aromatic heterocycles. The highest BCUT2D eigenvalue weighted by Gasteiger charge is 2.13. The highest BCUT2D eigenvalue weighted by molar-refractivity contribution is 5.40. The molecule has 2 heterocycles. The summed E-state index contributed by atoms with van der Waals surface area (Å²) in [6, 6.07) is 11.3. The van der Waals surface area contributed by atoms with Gasteiger partial charge in [0.25, 0.3) is 0 Å². The normalized spacial score (nSPS) is 11.2. The molecule has 0 radical (unpaired) electrons. The highest BCUT2D eigenvalue weighted by atomic mass is 19.1. The lowest BCUT2D eigenvalue weighted by molar-refractivity contribution is 0.615. The molecule has 0 atom stereocenters. The quantitative estimate of drug-likeness (QED) is 0.565. The minimum absolute atomic E-state index is 0.0255. The van der Waals surface area contributed by atoms with E-state index in [-0.39, 0.29) is 12.2 Å². The van der Waals surface area contributed by atoms with Gasteiger partial charge in [0.2, 0.25) is 5.65 Å². The van der Waals surface area contributed by atoms with Crippen LogP contribution in [0.1, 0.15) is 5.56 Å². The Morgan fingerprint density at radius 3 is 2.38 bits per heavy atom. The van der Waals surface area contributed by atoms with Gasteiger partial charge in [0.05, 0.1) is 12.2 Å². The molecule has 0 unspecified atom stereocenters. The van der Waals surface area contributed by atoms with E-state index in [4.69, 9.17) is 0 Å². The van der Waals surface area contributed by atoms with Gasteiger partial charge in [0.15, 0.2) is 0 Å². The van der Waals surface area contributed by atoms with Crippen molar-refractivity contribution in [1.82, 2.24) is 18.7 Å². The van der Waals surface area contributed by atoms with Crippen molar-refractivity contribution in [2.45, 2.75) is 6.54 Å². The first-order valence-corrected chi connectivity index (χ1v) is 7.74. The van der Waals surface area contributed by atoms with Crippen LogP contribution >= 0.6 is 0 Å². The van der Waals surface area contributed by atoms with E-state index >= 15 is 0 Å². The van der Waals surface area contributed by atoms with Gasteiger partial charge < -0.3 is 0 Å². The highest BCUT2D eigenvalue weighted by Crippen LogP contribution is 2.08. The Morgan fingerprint density at radius 2 is 1.65 bits per heavy atom. The molecule has 0 spiro atoms. The maximum atomic E-state index is 13.4. The van der Waals surface area contributed by atoms with Crippen molar-refractivity contribution < 1.29 is 8.78 Å². The molecule has 0 saturated carbocycles. The molecule has 26 heavy (non-hydrogen) atoms. The van der Waals surface area contributed by atoms with Gasteiger partial charge in [-0.2, -0.15) is 0 Å². The first kappa shape index (κ1) is 15.9. The van der Waals surface area contributed by atoms with E-state index in [1.807, 2.05) is 0 Å². The van der Waals surface area contributed by atoms with Crippen molar-refractivity contribution in [3.05, 3.63) is 99.0 Å². The number of hydrogen-bond acceptors (Lipinski definition) is 3. The lowest BCUT2D eigenvalue weighted by atomic mass is 10.2. The maximum absolute atomic E-state index is 13.4. The van der Waals surface area contributed by atoms with Crippen LogP contribution in [-0.2, 0) is 6.54 Å². The second-order valence-corrected chi connectivity index (χ2v) is 5.72. The molecular weight excluding hydrogens is 342 g/mol. The lowest BCUT2D eigenvalue weighted by Crippen LogP contribution is -2.24. The van der Waals surface area contributed by atoms with Gasteiger partial charge in [-0.25, -0.2) is 22.7 Å². The summed E-state index contributed by atoms with van der Waals surface area (Å²) in [5.74, 6) is -0.906. The van der Waals surface area contributed by atoms with Crippen LogP contribution in [0.5, 0.6) is 0 Å². The predicted octanol–water partition coefficient (Wildman–Crippen LogP) is 1.97. The number of halogens is 2. The number of fused-ring (bicyclic) bond motifs is 1. The molecule has 0 aliphatic rings. The van der Waals surface area contributed by atoms with Crippen LogP contribution in [0.4, 0.5) is 8.78 Å². The Hall–Kier alpha value is -3.55. The molecule has 130 valence electrons. The Bertz CT molecular complexity index is 1240. The summed E-state index contributed by atoms with van der Waals surface area (Å²) in [6.45, 7) is 0.0255. The van der Waals surface area contributed by atoms with E-state index in [1.165, 1.54) is 53.4 Å². The van der Waals surface area contributed by atoms with E-state index < -0.39 is 22.9 Å². The van der Waals surface area contributed by atoms with Crippen LogP contribution in [0.25, 0.3) is 11.3 Å². The summed E-state index contributed by atoms with van der Waals surface area (Å²) >= 11 is 0. The van der Waals surface area contributed by atoms with Gasteiger partial charge in [0.1, 0.15) is 11.6 Å². The van der Waals surface area contributed by atoms with Crippen LogP contribution < -0.4 is 11.2 Å². The van der Waals surface area contributed by atoms with E-state index in [0.29, 0.717) is 11.3 Å². The number of aromatic nitrogens is 4. The van der Waals surface area contributed by atoms with Gasteiger partial charge >= 0.3 is 11.2 Å². The summed E-state index contributed by atoms with van der Waals surface area (Å²) in [5.41, 5.74) is -0.315. The average Bonchev–Trinajstić information content (AvgIpc) is 2.92. The van der Waals surface area contributed by atoms with Crippen molar-refractivity contribution in [2.24, 2.45) is 0 Å². The molecule has 0 amide bonds. The molecule has 4 aromatic rings. The predicted molar refractivity (Wildman–Crippen MR) is 90.5 cm³/mol. The second-order valence-electron chi connectivity index (χ2n) is 5.72. The molecule has 0 saturated heterocycles. The van der Waals surface area contributed by atoms with Crippen LogP contribution in [-0.4, -0.2) is 18.7 Å². The van der Waals surface area contributed by atoms with Crippen molar-refractivity contribution >= 4 is 5.65 Å². The Morgan fingerprint density at radius 1 is 0.923 bits per heavy atom. The van der Waals surface area contributed by atoms with Crippen molar-refractivity contribution in [1.29, 1.82) is 0 Å². The SMILES string of the molecule is O=c1c2nn(Cc3cccc(F)c3)c(=O)n2ccn1-c1cccc(F)c1. The van der Waals surface area contributed by atoms with Gasteiger partial charge in [-0.1, -0.05) is 18.2 Å². The van der Waals surface area contributed by atoms with E-state index in [9.17, 15) is 18.4 Å². The third kappa shape index (κ3) is 2.71. The van der Waals surface area contributed by atoms with Crippen LogP contribution in [0.2, 0.25) is 0 Å². The number of nitrogens with zero attached hydrogens (tertiary/aromatic N) is 4. The van der Waals surface area contributed by atoms with E-state index in [1.54, 1.807) is 12.1 Å². The van der Waals surface area contributed by atoms with Gasteiger partial charge in [-0.3, -0.25) is 9.36 Å². The largest absolute Gasteiger partial charge is 0.350 e. The minimum atomic E-state index is -0.562. The second kappa shape index (κ2) is 6.07. The fourth-order valence-electron chi connectivity index (χ4n) is 2.75. The smallest absolute Gasteiger partial charge is 0.279 e. The van der Waals surface area contributed by atoms with E-state index in [2.05, 4.69) is 5.10 Å². The van der Waals surface area contributed by atoms with Crippen molar-refractivity contribution in [3.63, 3.8) is 0 Å². The molecular formula is C18H12F2N4O2. The Kier molecular flexibility index (Phi) is 3.72. The molecule has 8 heteroatoms. The zero-order valence-electron chi connectivity index (χ0n) is 13.3. The summed E-state index contributed by atoms with van der Waals surface area (Å²) < 4.78 is 30.1. The molecule has 0 bridgehead atoms. The van der Waals surface area contributed by atoms with Gasteiger partial charge in [0, 0.05) is 12.4 Å². The summed E-state index contributed by atoms with van der Waals surface area (Å²) in [7, 11) is 0. The van der Waals surface area contributed by atoms with Crippen LogP contribution in [0.15, 0.2) is 70.5 Å². The van der Waals surface area contributed by atoms with Crippen LogP contribution in [0.3, 0.4) is 0 Å². The lowest BCUT2D eigenvalue weighted by Gasteiger charge is -2.04. The first-order valence-electron chi connectivity index (χ1n) is 7.74. The summed E-state index contributed by atoms with van der Waals surface area (Å²) in [4.78, 5) is 25.1. The monoisotopic (exact) mass is 354 g/mol. The number of hydrogen-bond donors (Lipinski definition) is 0. The molecule has 2 aromatic carbocycles.